The number of benzene rings is 1. The van der Waals surface area contributed by atoms with Gasteiger partial charge in [-0.3, -0.25) is 0 Å². The number of hydrogen-bond donors (Lipinski definition) is 0. The van der Waals surface area contributed by atoms with Crippen molar-refractivity contribution in [1.29, 1.82) is 0 Å². The van der Waals surface area contributed by atoms with E-state index in [4.69, 9.17) is 14.2 Å². The zero-order valence-corrected chi connectivity index (χ0v) is 12.7. The van der Waals surface area contributed by atoms with Gasteiger partial charge in [0.1, 0.15) is 0 Å². The molecule has 1 fully saturated rings. The van der Waals surface area contributed by atoms with Crippen molar-refractivity contribution >= 4 is 22.6 Å². The Morgan fingerprint density at radius 1 is 1.28 bits per heavy atom. The van der Waals surface area contributed by atoms with Crippen molar-refractivity contribution in [2.75, 3.05) is 11.5 Å². The second-order valence-corrected chi connectivity index (χ2v) is 5.35. The maximum atomic E-state index is 5.97. The summed E-state index contributed by atoms with van der Waals surface area (Å²) in [6, 6.07) is 10.3. The van der Waals surface area contributed by atoms with E-state index in [0.29, 0.717) is 6.61 Å². The molecule has 0 N–H and O–H groups in total. The van der Waals surface area contributed by atoms with Crippen LogP contribution in [0, 0.1) is 0 Å². The summed E-state index contributed by atoms with van der Waals surface area (Å²) in [7, 11) is 1.69. The number of ether oxygens (including phenoxy) is 3. The maximum absolute atomic E-state index is 5.97. The lowest BCUT2D eigenvalue weighted by atomic mass is 10.1. The van der Waals surface area contributed by atoms with E-state index in [1.165, 1.54) is 5.56 Å². The van der Waals surface area contributed by atoms with Crippen LogP contribution in [0.25, 0.3) is 0 Å². The molecule has 0 amide bonds. The highest BCUT2D eigenvalue weighted by atomic mass is 127. The molecule has 0 unspecified atom stereocenters. The molecule has 0 aromatic heterocycles. The minimum Gasteiger partial charge on any atom is -0.373 e. The second kappa shape index (κ2) is 7.43. The second-order valence-electron chi connectivity index (χ2n) is 4.47. The van der Waals surface area contributed by atoms with Gasteiger partial charge in [-0.05, 0) is 5.56 Å². The molecule has 100 valence electrons. The Bertz CT molecular complexity index is 332. The molecule has 0 bridgehead atoms. The Balaban J connectivity index is 1.84. The summed E-state index contributed by atoms with van der Waals surface area (Å²) in [5.74, 6) is 0. The van der Waals surface area contributed by atoms with E-state index in [0.717, 1.165) is 17.3 Å². The molecule has 18 heavy (non-hydrogen) atoms. The van der Waals surface area contributed by atoms with E-state index >= 15 is 0 Å². The van der Waals surface area contributed by atoms with Gasteiger partial charge < -0.3 is 14.2 Å². The average molecular weight is 362 g/mol. The lowest BCUT2D eigenvalue weighted by Crippen LogP contribution is -2.38. The van der Waals surface area contributed by atoms with Gasteiger partial charge in [0, 0.05) is 24.4 Å². The summed E-state index contributed by atoms with van der Waals surface area (Å²) in [6.45, 7) is 0.663. The molecule has 1 aliphatic rings. The highest BCUT2D eigenvalue weighted by Crippen LogP contribution is 2.24. The van der Waals surface area contributed by atoms with Gasteiger partial charge in [0.25, 0.3) is 0 Å². The first-order valence-electron chi connectivity index (χ1n) is 6.21. The van der Waals surface area contributed by atoms with Gasteiger partial charge >= 0.3 is 0 Å². The normalized spacial score (nSPS) is 28.2. The number of alkyl halides is 1. The summed E-state index contributed by atoms with van der Waals surface area (Å²) in [4.78, 5) is 0. The number of rotatable bonds is 5. The zero-order valence-electron chi connectivity index (χ0n) is 10.5. The first-order chi connectivity index (χ1) is 8.81. The van der Waals surface area contributed by atoms with E-state index < -0.39 is 0 Å². The molecule has 0 aliphatic carbocycles. The van der Waals surface area contributed by atoms with Gasteiger partial charge in [-0.1, -0.05) is 52.9 Å². The van der Waals surface area contributed by atoms with E-state index in [9.17, 15) is 0 Å². The number of halogens is 1. The van der Waals surface area contributed by atoms with Gasteiger partial charge in [0.2, 0.25) is 0 Å². The van der Waals surface area contributed by atoms with E-state index in [1.54, 1.807) is 7.11 Å². The van der Waals surface area contributed by atoms with E-state index in [-0.39, 0.29) is 18.5 Å². The van der Waals surface area contributed by atoms with Crippen LogP contribution >= 0.6 is 22.6 Å². The van der Waals surface area contributed by atoms with Gasteiger partial charge in [-0.2, -0.15) is 0 Å². The molecule has 2 rings (SSSR count). The smallest absolute Gasteiger partial charge is 0.160 e. The molecule has 1 aliphatic heterocycles. The summed E-state index contributed by atoms with van der Waals surface area (Å²) < 4.78 is 18.0. The van der Waals surface area contributed by atoms with Crippen LogP contribution < -0.4 is 0 Å². The molecular formula is C14H19IO3. The third-order valence-corrected chi connectivity index (χ3v) is 4.07. The summed E-state index contributed by atoms with van der Waals surface area (Å²) in [5, 5.41) is 0. The SMILES string of the molecule is CO[C@H]1C[C@H](OCc2ccccc2)C[C@@H](CI)O1. The van der Waals surface area contributed by atoms with Crippen molar-refractivity contribution < 1.29 is 14.2 Å². The summed E-state index contributed by atoms with van der Waals surface area (Å²) >= 11 is 2.35. The third kappa shape index (κ3) is 4.19. The molecule has 0 spiro atoms. The van der Waals surface area contributed by atoms with E-state index in [2.05, 4.69) is 34.7 Å². The fourth-order valence-electron chi connectivity index (χ4n) is 2.11. The van der Waals surface area contributed by atoms with Crippen molar-refractivity contribution in [1.82, 2.24) is 0 Å². The molecule has 4 heteroatoms. The van der Waals surface area contributed by atoms with Crippen molar-refractivity contribution in [3.05, 3.63) is 35.9 Å². The average Bonchev–Trinajstić information content (AvgIpc) is 2.45. The Morgan fingerprint density at radius 2 is 2.06 bits per heavy atom. The Hall–Kier alpha value is -0.170. The molecular weight excluding hydrogens is 343 g/mol. The van der Waals surface area contributed by atoms with Crippen LogP contribution in [0.5, 0.6) is 0 Å². The molecule has 0 saturated carbocycles. The minimum atomic E-state index is -0.126. The molecule has 3 nitrogen and oxygen atoms in total. The predicted molar refractivity (Wildman–Crippen MR) is 78.8 cm³/mol. The highest BCUT2D eigenvalue weighted by Gasteiger charge is 2.29. The summed E-state index contributed by atoms with van der Waals surface area (Å²) in [5.41, 5.74) is 1.21. The Kier molecular flexibility index (Phi) is 5.88. The van der Waals surface area contributed by atoms with Crippen LogP contribution in [0.15, 0.2) is 30.3 Å². The van der Waals surface area contributed by atoms with Crippen molar-refractivity contribution in [2.45, 2.75) is 37.9 Å². The maximum Gasteiger partial charge on any atom is 0.160 e. The van der Waals surface area contributed by atoms with Crippen LogP contribution in [-0.4, -0.2) is 30.0 Å². The fraction of sp³-hybridized carbons (Fsp3) is 0.571. The summed E-state index contributed by atoms with van der Waals surface area (Å²) in [6.07, 6.45) is 2.11. The largest absolute Gasteiger partial charge is 0.373 e. The first-order valence-corrected chi connectivity index (χ1v) is 7.74. The standard InChI is InChI=1S/C14H19IO3/c1-16-14-8-12(7-13(9-15)18-14)17-10-11-5-3-2-4-6-11/h2-6,12-14H,7-10H2,1H3/t12-,13+,14-/m1/s1. The highest BCUT2D eigenvalue weighted by molar-refractivity contribution is 14.1. The molecule has 1 saturated heterocycles. The van der Waals surface area contributed by atoms with E-state index in [1.807, 2.05) is 18.2 Å². The molecule has 3 atom stereocenters. The van der Waals surface area contributed by atoms with Crippen LogP contribution in [0.1, 0.15) is 18.4 Å². The Labute approximate surface area is 122 Å². The lowest BCUT2D eigenvalue weighted by Gasteiger charge is -2.33. The Morgan fingerprint density at radius 3 is 2.72 bits per heavy atom. The van der Waals surface area contributed by atoms with Gasteiger partial charge in [0.15, 0.2) is 6.29 Å². The van der Waals surface area contributed by atoms with Crippen molar-refractivity contribution in [3.8, 4) is 0 Å². The topological polar surface area (TPSA) is 27.7 Å². The van der Waals surface area contributed by atoms with Crippen LogP contribution in [0.3, 0.4) is 0 Å². The molecule has 1 heterocycles. The first kappa shape index (κ1) is 14.2. The third-order valence-electron chi connectivity index (χ3n) is 3.09. The lowest BCUT2D eigenvalue weighted by molar-refractivity contribution is -0.206. The van der Waals surface area contributed by atoms with Gasteiger partial charge in [-0.15, -0.1) is 0 Å². The molecule has 0 radical (unpaired) electrons. The molecule has 1 aromatic rings. The van der Waals surface area contributed by atoms with Crippen molar-refractivity contribution in [3.63, 3.8) is 0 Å². The van der Waals surface area contributed by atoms with Crippen LogP contribution in [0.2, 0.25) is 0 Å². The van der Waals surface area contributed by atoms with Crippen molar-refractivity contribution in [2.24, 2.45) is 0 Å². The monoisotopic (exact) mass is 362 g/mol. The predicted octanol–water partition coefficient (Wildman–Crippen LogP) is 3.16. The van der Waals surface area contributed by atoms with Crippen LogP contribution in [-0.2, 0) is 20.8 Å². The quantitative estimate of drug-likeness (QED) is 0.595. The number of hydrogen-bond acceptors (Lipinski definition) is 3. The van der Waals surface area contributed by atoms with Gasteiger partial charge in [-0.25, -0.2) is 0 Å². The van der Waals surface area contributed by atoms with Crippen LogP contribution in [0.4, 0.5) is 0 Å². The minimum absolute atomic E-state index is 0.126. The molecule has 1 aromatic carbocycles. The van der Waals surface area contributed by atoms with Gasteiger partial charge in [0.05, 0.1) is 18.8 Å². The number of methoxy groups -OCH3 is 1. The zero-order chi connectivity index (χ0) is 12.8. The fourth-order valence-corrected chi connectivity index (χ4v) is 2.67.